The maximum absolute atomic E-state index is 12.4. The molecule has 0 unspecified atom stereocenters. The lowest BCUT2D eigenvalue weighted by Crippen LogP contribution is -2.27. The molecule has 0 fully saturated rings. The van der Waals surface area contributed by atoms with Crippen LogP contribution in [-0.2, 0) is 19.4 Å². The largest absolute Gasteiger partial charge is 0.464 e. The molecule has 1 amide bonds. The summed E-state index contributed by atoms with van der Waals surface area (Å²) in [5, 5.41) is 4.46. The Kier molecular flexibility index (Phi) is 3.43. The van der Waals surface area contributed by atoms with E-state index in [-0.39, 0.29) is 17.3 Å². The normalized spacial score (nSPS) is 13.4. The third kappa shape index (κ3) is 2.43. The van der Waals surface area contributed by atoms with Gasteiger partial charge in [0, 0.05) is 16.8 Å². The Morgan fingerprint density at radius 3 is 3.15 bits per heavy atom. The number of nitrogens with one attached hydrogen (secondary N) is 2. The van der Waals surface area contributed by atoms with E-state index in [1.165, 1.54) is 16.2 Å². The van der Waals surface area contributed by atoms with Crippen LogP contribution in [0.15, 0.2) is 39.7 Å². The fourth-order valence-corrected chi connectivity index (χ4v) is 4.76. The topological polar surface area (TPSA) is 88.0 Å². The molecule has 0 saturated heterocycles. The van der Waals surface area contributed by atoms with Gasteiger partial charge < -0.3 is 14.7 Å². The van der Waals surface area contributed by atoms with Gasteiger partial charge in [0.05, 0.1) is 11.6 Å². The average Bonchev–Trinajstić information content (AvgIpc) is 3.33. The Morgan fingerprint density at radius 2 is 2.23 bits per heavy atom. The highest BCUT2D eigenvalue weighted by Crippen LogP contribution is 2.34. The Morgan fingerprint density at radius 1 is 1.31 bits per heavy atom. The average molecular weight is 365 g/mol. The molecule has 0 atom stereocenters. The van der Waals surface area contributed by atoms with Crippen molar-refractivity contribution in [2.75, 3.05) is 0 Å². The van der Waals surface area contributed by atoms with E-state index in [4.69, 9.17) is 4.42 Å². The molecule has 0 aliphatic heterocycles. The maximum Gasteiger partial charge on any atom is 0.287 e. The molecule has 130 valence electrons. The molecule has 5 rings (SSSR count). The molecule has 1 aliphatic carbocycles. The Hall–Kier alpha value is -2.93. The highest BCUT2D eigenvalue weighted by molar-refractivity contribution is 7.18. The molecule has 0 radical (unpaired) electrons. The number of furan rings is 1. The first kappa shape index (κ1) is 15.3. The van der Waals surface area contributed by atoms with Gasteiger partial charge in [-0.25, -0.2) is 4.98 Å². The number of carbonyl (C=O) groups is 1. The van der Waals surface area contributed by atoms with E-state index < -0.39 is 0 Å². The van der Waals surface area contributed by atoms with Crippen molar-refractivity contribution in [3.05, 3.63) is 62.7 Å². The smallest absolute Gasteiger partial charge is 0.287 e. The van der Waals surface area contributed by atoms with Gasteiger partial charge >= 0.3 is 0 Å². The van der Waals surface area contributed by atoms with Gasteiger partial charge in [0.25, 0.3) is 11.5 Å². The molecule has 1 aromatic carbocycles. The van der Waals surface area contributed by atoms with Gasteiger partial charge in [-0.2, -0.15) is 0 Å². The monoisotopic (exact) mass is 365 g/mol. The predicted octanol–water partition coefficient (Wildman–Crippen LogP) is 3.15. The number of aromatic nitrogens is 2. The minimum Gasteiger partial charge on any atom is -0.464 e. The number of thiophene rings is 1. The van der Waals surface area contributed by atoms with Crippen LogP contribution < -0.4 is 10.9 Å². The van der Waals surface area contributed by atoms with Crippen LogP contribution in [0.1, 0.15) is 33.0 Å². The molecule has 7 heteroatoms. The second kappa shape index (κ2) is 5.81. The molecule has 2 N–H and O–H groups in total. The van der Waals surface area contributed by atoms with Crippen LogP contribution in [0.3, 0.4) is 0 Å². The van der Waals surface area contributed by atoms with Crippen molar-refractivity contribution < 1.29 is 9.21 Å². The molecule has 1 aliphatic rings. The van der Waals surface area contributed by atoms with Crippen LogP contribution in [0.5, 0.6) is 0 Å². The zero-order valence-corrected chi connectivity index (χ0v) is 14.6. The van der Waals surface area contributed by atoms with E-state index in [1.807, 2.05) is 24.3 Å². The molecule has 3 heterocycles. The molecule has 3 aromatic heterocycles. The zero-order valence-electron chi connectivity index (χ0n) is 13.8. The van der Waals surface area contributed by atoms with Gasteiger partial charge in [-0.3, -0.25) is 9.59 Å². The van der Waals surface area contributed by atoms with E-state index in [0.29, 0.717) is 16.8 Å². The van der Waals surface area contributed by atoms with Crippen molar-refractivity contribution in [1.29, 1.82) is 0 Å². The first-order valence-electron chi connectivity index (χ1n) is 8.48. The van der Waals surface area contributed by atoms with Crippen molar-refractivity contribution in [1.82, 2.24) is 15.3 Å². The van der Waals surface area contributed by atoms with Crippen molar-refractivity contribution in [2.24, 2.45) is 0 Å². The molecule has 0 saturated carbocycles. The summed E-state index contributed by atoms with van der Waals surface area (Å²) in [5.74, 6) is -0.323. The fraction of sp³-hybridized carbons (Fsp3) is 0.211. The Labute approximate surface area is 151 Å². The van der Waals surface area contributed by atoms with Crippen molar-refractivity contribution >= 4 is 38.4 Å². The minimum atomic E-state index is -0.384. The number of amides is 1. The Bertz CT molecular complexity index is 1220. The number of carbonyl (C=O) groups excluding carboxylic acids is 1. The first-order valence-corrected chi connectivity index (χ1v) is 9.29. The number of benzene rings is 1. The van der Waals surface area contributed by atoms with E-state index in [9.17, 15) is 9.59 Å². The summed E-state index contributed by atoms with van der Waals surface area (Å²) >= 11 is 1.53. The second-order valence-electron chi connectivity index (χ2n) is 6.43. The summed E-state index contributed by atoms with van der Waals surface area (Å²) in [4.78, 5) is 33.8. The number of rotatable bonds is 3. The summed E-state index contributed by atoms with van der Waals surface area (Å²) in [7, 11) is 0. The molecule has 0 spiro atoms. The molecule has 4 aromatic rings. The SMILES string of the molecule is O=C(NCc1ccc2occc2c1)c1nc2sc3c(c2c(=O)[nH]1)CCC3. The third-order valence-electron chi connectivity index (χ3n) is 4.76. The van der Waals surface area contributed by atoms with E-state index in [2.05, 4.69) is 15.3 Å². The molecular formula is C19H15N3O3S. The van der Waals surface area contributed by atoms with Gasteiger partial charge in [-0.15, -0.1) is 11.3 Å². The van der Waals surface area contributed by atoms with E-state index >= 15 is 0 Å². The molecule has 0 bridgehead atoms. The molecular weight excluding hydrogens is 350 g/mol. The van der Waals surface area contributed by atoms with E-state index in [1.54, 1.807) is 6.26 Å². The lowest BCUT2D eigenvalue weighted by atomic mass is 10.1. The van der Waals surface area contributed by atoms with Gasteiger partial charge in [-0.05, 0) is 48.6 Å². The quantitative estimate of drug-likeness (QED) is 0.584. The highest BCUT2D eigenvalue weighted by Gasteiger charge is 2.22. The van der Waals surface area contributed by atoms with Crippen LogP contribution in [-0.4, -0.2) is 15.9 Å². The fourth-order valence-electron chi connectivity index (χ4n) is 3.50. The molecule has 6 nitrogen and oxygen atoms in total. The second-order valence-corrected chi connectivity index (χ2v) is 7.51. The summed E-state index contributed by atoms with van der Waals surface area (Å²) in [5.41, 5.74) is 2.64. The van der Waals surface area contributed by atoms with Crippen molar-refractivity contribution in [2.45, 2.75) is 25.8 Å². The minimum absolute atomic E-state index is 0.0619. The number of hydrogen-bond donors (Lipinski definition) is 2. The van der Waals surface area contributed by atoms with Crippen LogP contribution in [0.2, 0.25) is 0 Å². The summed E-state index contributed by atoms with van der Waals surface area (Å²) in [6, 6.07) is 7.61. The Balaban J connectivity index is 1.40. The van der Waals surface area contributed by atoms with Gasteiger partial charge in [-0.1, -0.05) is 6.07 Å². The lowest BCUT2D eigenvalue weighted by molar-refractivity contribution is 0.0940. The summed E-state index contributed by atoms with van der Waals surface area (Å²) in [6.07, 6.45) is 4.63. The predicted molar refractivity (Wildman–Crippen MR) is 99.6 cm³/mol. The summed E-state index contributed by atoms with van der Waals surface area (Å²) < 4.78 is 5.31. The van der Waals surface area contributed by atoms with Crippen molar-refractivity contribution in [3.8, 4) is 0 Å². The van der Waals surface area contributed by atoms with Crippen LogP contribution in [0, 0.1) is 0 Å². The number of nitrogens with zero attached hydrogens (tertiary/aromatic N) is 1. The van der Waals surface area contributed by atoms with Gasteiger partial charge in [0.1, 0.15) is 10.4 Å². The molecule has 26 heavy (non-hydrogen) atoms. The zero-order chi connectivity index (χ0) is 17.7. The third-order valence-corrected chi connectivity index (χ3v) is 5.95. The number of hydrogen-bond acceptors (Lipinski definition) is 5. The standard InChI is InChI=1S/C19H15N3O3S/c23-17-15-12-2-1-3-14(12)26-19(15)22-16(21-17)18(24)20-9-10-4-5-13-11(8-10)6-7-25-13/h4-8H,1-3,9H2,(H,20,24)(H,21,22,23). The van der Waals surface area contributed by atoms with Crippen LogP contribution in [0.4, 0.5) is 0 Å². The number of aromatic amines is 1. The number of aryl methyl sites for hydroxylation is 2. The van der Waals surface area contributed by atoms with Gasteiger partial charge in [0.15, 0.2) is 0 Å². The number of H-pyrrole nitrogens is 1. The maximum atomic E-state index is 12.4. The number of fused-ring (bicyclic) bond motifs is 4. The van der Waals surface area contributed by atoms with E-state index in [0.717, 1.165) is 41.4 Å². The van der Waals surface area contributed by atoms with Crippen LogP contribution >= 0.6 is 11.3 Å². The highest BCUT2D eigenvalue weighted by atomic mass is 32.1. The lowest BCUT2D eigenvalue weighted by Gasteiger charge is -2.05. The first-order chi connectivity index (χ1) is 12.7. The van der Waals surface area contributed by atoms with Crippen LogP contribution in [0.25, 0.3) is 21.2 Å². The van der Waals surface area contributed by atoms with Gasteiger partial charge in [0.2, 0.25) is 5.82 Å². The van der Waals surface area contributed by atoms with Crippen molar-refractivity contribution in [3.63, 3.8) is 0 Å². The summed E-state index contributed by atoms with van der Waals surface area (Å²) in [6.45, 7) is 0.350.